The molecule has 1 aromatic heterocycles. The molecule has 0 aromatic carbocycles. The molecule has 0 spiro atoms. The largest absolute Gasteiger partial charge is 0.367 e. The lowest BCUT2D eigenvalue weighted by Gasteiger charge is -2.24. The Labute approximate surface area is 114 Å². The van der Waals surface area contributed by atoms with E-state index in [1.54, 1.807) is 0 Å². The van der Waals surface area contributed by atoms with E-state index in [2.05, 4.69) is 22.4 Å². The summed E-state index contributed by atoms with van der Waals surface area (Å²) in [4.78, 5) is 4.67. The van der Waals surface area contributed by atoms with Crippen LogP contribution >= 0.6 is 0 Å². The van der Waals surface area contributed by atoms with Crippen LogP contribution in [-0.4, -0.2) is 29.8 Å². The first kappa shape index (κ1) is 13.1. The van der Waals surface area contributed by atoms with Crippen LogP contribution in [0, 0.1) is 5.92 Å². The van der Waals surface area contributed by atoms with Crippen molar-refractivity contribution < 1.29 is 9.26 Å². The van der Waals surface area contributed by atoms with Crippen molar-refractivity contribution in [3.05, 3.63) is 11.7 Å². The maximum absolute atomic E-state index is 5.98. The van der Waals surface area contributed by atoms with Gasteiger partial charge in [-0.25, -0.2) is 0 Å². The zero-order valence-electron chi connectivity index (χ0n) is 11.8. The van der Waals surface area contributed by atoms with Crippen LogP contribution in [0.15, 0.2) is 4.52 Å². The molecular formula is C14H23N3O2. The highest BCUT2D eigenvalue weighted by Gasteiger charge is 2.42. The Bertz CT molecular complexity index is 426. The fourth-order valence-electron chi connectivity index (χ4n) is 3.37. The number of hydrogen-bond acceptors (Lipinski definition) is 5. The molecule has 2 unspecified atom stereocenters. The highest BCUT2D eigenvalue weighted by molar-refractivity contribution is 5.08. The van der Waals surface area contributed by atoms with Crippen molar-refractivity contribution in [1.82, 2.24) is 15.5 Å². The highest BCUT2D eigenvalue weighted by atomic mass is 16.5. The molecule has 3 rings (SSSR count). The van der Waals surface area contributed by atoms with Crippen molar-refractivity contribution in [2.75, 3.05) is 19.7 Å². The van der Waals surface area contributed by atoms with Gasteiger partial charge in [0.05, 0.1) is 5.92 Å². The molecule has 1 aliphatic heterocycles. The molecule has 2 heterocycles. The second kappa shape index (κ2) is 5.21. The Morgan fingerprint density at radius 1 is 1.37 bits per heavy atom. The van der Waals surface area contributed by atoms with E-state index in [0.29, 0.717) is 18.4 Å². The fourth-order valence-corrected chi connectivity index (χ4v) is 3.37. The predicted molar refractivity (Wildman–Crippen MR) is 70.8 cm³/mol. The number of ether oxygens (including phenoxy) is 1. The van der Waals surface area contributed by atoms with Crippen LogP contribution in [-0.2, 0) is 10.3 Å². The Hall–Kier alpha value is -0.940. The molecule has 1 aromatic rings. The zero-order valence-corrected chi connectivity index (χ0v) is 11.8. The molecule has 2 fully saturated rings. The molecule has 2 aliphatic rings. The third-order valence-corrected chi connectivity index (χ3v) is 4.52. The van der Waals surface area contributed by atoms with Crippen molar-refractivity contribution in [1.29, 1.82) is 0 Å². The standard InChI is InChI=1S/C14H23N3O2/c1-3-18-14(6-4-5-7-14)13-16-12(19-17-13)11-9-15-8-10(11)2/h10-11,15H,3-9H2,1-2H3. The zero-order chi connectivity index (χ0) is 13.3. The predicted octanol–water partition coefficient (Wildman–Crippen LogP) is 2.20. The van der Waals surface area contributed by atoms with Crippen molar-refractivity contribution in [3.63, 3.8) is 0 Å². The lowest BCUT2D eigenvalue weighted by molar-refractivity contribution is -0.0469. The summed E-state index contributed by atoms with van der Waals surface area (Å²) in [6.45, 7) is 6.92. The molecule has 1 aliphatic carbocycles. The minimum absolute atomic E-state index is 0.286. The molecule has 0 bridgehead atoms. The average Bonchev–Trinajstić information content (AvgIpc) is 3.08. The van der Waals surface area contributed by atoms with E-state index >= 15 is 0 Å². The van der Waals surface area contributed by atoms with Gasteiger partial charge >= 0.3 is 0 Å². The van der Waals surface area contributed by atoms with Crippen LogP contribution in [0.25, 0.3) is 0 Å². The lowest BCUT2D eigenvalue weighted by Crippen LogP contribution is -2.27. The number of rotatable bonds is 4. The van der Waals surface area contributed by atoms with Gasteiger partial charge in [-0.1, -0.05) is 12.1 Å². The lowest BCUT2D eigenvalue weighted by atomic mass is 9.97. The second-order valence-electron chi connectivity index (χ2n) is 5.83. The maximum Gasteiger partial charge on any atom is 0.231 e. The molecule has 106 valence electrons. The van der Waals surface area contributed by atoms with Gasteiger partial charge in [0.2, 0.25) is 11.7 Å². The van der Waals surface area contributed by atoms with E-state index in [1.165, 1.54) is 12.8 Å². The van der Waals surface area contributed by atoms with E-state index in [-0.39, 0.29) is 5.60 Å². The van der Waals surface area contributed by atoms with Gasteiger partial charge in [0, 0.05) is 13.2 Å². The number of aromatic nitrogens is 2. The quantitative estimate of drug-likeness (QED) is 0.904. The average molecular weight is 265 g/mol. The van der Waals surface area contributed by atoms with Crippen molar-refractivity contribution in [2.24, 2.45) is 5.92 Å². The molecule has 1 saturated carbocycles. The summed E-state index contributed by atoms with van der Waals surface area (Å²) in [5, 5.41) is 7.60. The van der Waals surface area contributed by atoms with Crippen LogP contribution in [0.5, 0.6) is 0 Å². The Kier molecular flexibility index (Phi) is 3.58. The summed E-state index contributed by atoms with van der Waals surface area (Å²) in [5.41, 5.74) is -0.286. The van der Waals surface area contributed by atoms with Crippen LogP contribution in [0.4, 0.5) is 0 Å². The number of nitrogens with zero attached hydrogens (tertiary/aromatic N) is 2. The maximum atomic E-state index is 5.98. The fraction of sp³-hybridized carbons (Fsp3) is 0.857. The minimum atomic E-state index is -0.286. The first-order chi connectivity index (χ1) is 9.25. The van der Waals surface area contributed by atoms with E-state index < -0.39 is 0 Å². The Balaban J connectivity index is 1.83. The monoisotopic (exact) mass is 265 g/mol. The van der Waals surface area contributed by atoms with Crippen LogP contribution in [0.3, 0.4) is 0 Å². The molecule has 5 heteroatoms. The molecule has 5 nitrogen and oxygen atoms in total. The highest BCUT2D eigenvalue weighted by Crippen LogP contribution is 2.41. The molecule has 0 radical (unpaired) electrons. The third kappa shape index (κ3) is 2.30. The SMILES string of the molecule is CCOC1(c2noc(C3CNCC3C)n2)CCCC1. The van der Waals surface area contributed by atoms with Crippen LogP contribution < -0.4 is 5.32 Å². The summed E-state index contributed by atoms with van der Waals surface area (Å²) >= 11 is 0. The van der Waals surface area contributed by atoms with Gasteiger partial charge in [-0.05, 0) is 45.1 Å². The topological polar surface area (TPSA) is 60.2 Å². The number of nitrogens with one attached hydrogen (secondary N) is 1. The van der Waals surface area contributed by atoms with E-state index in [0.717, 1.165) is 37.6 Å². The summed E-state index contributed by atoms with van der Waals surface area (Å²) in [7, 11) is 0. The van der Waals surface area contributed by atoms with Gasteiger partial charge in [-0.2, -0.15) is 4.98 Å². The Morgan fingerprint density at radius 3 is 2.79 bits per heavy atom. The van der Waals surface area contributed by atoms with Gasteiger partial charge in [-0.15, -0.1) is 0 Å². The van der Waals surface area contributed by atoms with Crippen LogP contribution in [0.1, 0.15) is 57.2 Å². The van der Waals surface area contributed by atoms with Gasteiger partial charge in [0.25, 0.3) is 0 Å². The molecule has 1 N–H and O–H groups in total. The smallest absolute Gasteiger partial charge is 0.231 e. The molecule has 19 heavy (non-hydrogen) atoms. The van der Waals surface area contributed by atoms with Gasteiger partial charge in [-0.3, -0.25) is 0 Å². The second-order valence-corrected chi connectivity index (χ2v) is 5.83. The Morgan fingerprint density at radius 2 is 2.16 bits per heavy atom. The van der Waals surface area contributed by atoms with Gasteiger partial charge < -0.3 is 14.6 Å². The summed E-state index contributed by atoms with van der Waals surface area (Å²) in [6.07, 6.45) is 4.40. The van der Waals surface area contributed by atoms with Crippen molar-refractivity contribution in [2.45, 2.75) is 51.0 Å². The minimum Gasteiger partial charge on any atom is -0.367 e. The number of hydrogen-bond donors (Lipinski definition) is 1. The summed E-state index contributed by atoms with van der Waals surface area (Å²) in [6, 6.07) is 0. The van der Waals surface area contributed by atoms with Gasteiger partial charge in [0.1, 0.15) is 5.60 Å². The van der Waals surface area contributed by atoms with E-state index in [9.17, 15) is 0 Å². The summed E-state index contributed by atoms with van der Waals surface area (Å²) < 4.78 is 11.5. The van der Waals surface area contributed by atoms with Crippen molar-refractivity contribution in [3.8, 4) is 0 Å². The molecule has 0 amide bonds. The summed E-state index contributed by atoms with van der Waals surface area (Å²) in [5.74, 6) is 2.45. The molecule has 1 saturated heterocycles. The van der Waals surface area contributed by atoms with Gasteiger partial charge in [0.15, 0.2) is 0 Å². The third-order valence-electron chi connectivity index (χ3n) is 4.52. The first-order valence-electron chi connectivity index (χ1n) is 7.44. The molecular weight excluding hydrogens is 242 g/mol. The van der Waals surface area contributed by atoms with E-state index in [4.69, 9.17) is 9.26 Å². The molecule has 2 atom stereocenters. The first-order valence-corrected chi connectivity index (χ1v) is 7.44. The normalized spacial score (nSPS) is 30.0. The van der Waals surface area contributed by atoms with Crippen LogP contribution in [0.2, 0.25) is 0 Å². The van der Waals surface area contributed by atoms with Crippen molar-refractivity contribution >= 4 is 0 Å². The van der Waals surface area contributed by atoms with E-state index in [1.807, 2.05) is 6.92 Å².